The van der Waals surface area contributed by atoms with E-state index in [2.05, 4.69) is 15.3 Å². The van der Waals surface area contributed by atoms with Crippen LogP contribution in [0.4, 0.5) is 5.95 Å². The quantitative estimate of drug-likeness (QED) is 0.833. The molecule has 2 atom stereocenters. The Morgan fingerprint density at radius 2 is 2.37 bits per heavy atom. The van der Waals surface area contributed by atoms with E-state index < -0.39 is 5.60 Å². The summed E-state index contributed by atoms with van der Waals surface area (Å²) in [6.07, 6.45) is 0.432. The Morgan fingerprint density at radius 3 is 3.00 bits per heavy atom. The zero-order chi connectivity index (χ0) is 13.9. The van der Waals surface area contributed by atoms with Crippen molar-refractivity contribution < 1.29 is 14.6 Å². The summed E-state index contributed by atoms with van der Waals surface area (Å²) >= 11 is 0. The lowest BCUT2D eigenvalue weighted by atomic mass is 9.97. The summed E-state index contributed by atoms with van der Waals surface area (Å²) in [7, 11) is 0. The molecule has 6 heteroatoms. The zero-order valence-electron chi connectivity index (χ0n) is 11.6. The highest BCUT2D eigenvalue weighted by Crippen LogP contribution is 2.25. The second kappa shape index (κ2) is 5.71. The molecule has 2 heterocycles. The molecule has 0 aliphatic carbocycles. The van der Waals surface area contributed by atoms with E-state index >= 15 is 0 Å². The summed E-state index contributed by atoms with van der Waals surface area (Å²) in [4.78, 5) is 8.52. The third-order valence-corrected chi connectivity index (χ3v) is 3.34. The van der Waals surface area contributed by atoms with E-state index in [9.17, 15) is 5.11 Å². The van der Waals surface area contributed by atoms with Gasteiger partial charge >= 0.3 is 0 Å². The smallest absolute Gasteiger partial charge is 0.226 e. The number of rotatable bonds is 5. The minimum atomic E-state index is -0.862. The van der Waals surface area contributed by atoms with Gasteiger partial charge in [0.05, 0.1) is 12.7 Å². The standard InChI is InChI=1S/C13H21N3O3/c1-4-18-11-7-9(2)15-12(16-11)14-8-13(17)5-6-19-10(13)3/h7,10,17H,4-6,8H2,1-3H3,(H,14,15,16). The van der Waals surface area contributed by atoms with Gasteiger partial charge in [-0.15, -0.1) is 0 Å². The van der Waals surface area contributed by atoms with Gasteiger partial charge in [-0.1, -0.05) is 0 Å². The number of anilines is 1. The number of ether oxygens (including phenoxy) is 2. The predicted molar refractivity (Wildman–Crippen MR) is 71.4 cm³/mol. The third-order valence-electron chi connectivity index (χ3n) is 3.34. The maximum absolute atomic E-state index is 10.4. The van der Waals surface area contributed by atoms with E-state index in [0.717, 1.165) is 5.69 Å². The van der Waals surface area contributed by atoms with Gasteiger partial charge in [-0.3, -0.25) is 0 Å². The van der Waals surface area contributed by atoms with Gasteiger partial charge in [0.2, 0.25) is 11.8 Å². The van der Waals surface area contributed by atoms with Gasteiger partial charge in [0.15, 0.2) is 0 Å². The normalized spacial score (nSPS) is 26.4. The Balaban J connectivity index is 2.03. The van der Waals surface area contributed by atoms with Crippen molar-refractivity contribution in [3.05, 3.63) is 11.8 Å². The molecule has 2 rings (SSSR count). The van der Waals surface area contributed by atoms with Crippen molar-refractivity contribution >= 4 is 5.95 Å². The number of hydrogen-bond acceptors (Lipinski definition) is 6. The molecule has 1 aliphatic heterocycles. The molecular formula is C13H21N3O3. The van der Waals surface area contributed by atoms with E-state index in [1.807, 2.05) is 20.8 Å². The van der Waals surface area contributed by atoms with Crippen molar-refractivity contribution in [3.63, 3.8) is 0 Å². The van der Waals surface area contributed by atoms with Crippen molar-refractivity contribution in [2.75, 3.05) is 25.1 Å². The fraction of sp³-hybridized carbons (Fsp3) is 0.692. The molecular weight excluding hydrogens is 246 g/mol. The van der Waals surface area contributed by atoms with Crippen LogP contribution in [0.2, 0.25) is 0 Å². The molecule has 0 saturated carbocycles. The van der Waals surface area contributed by atoms with E-state index in [4.69, 9.17) is 9.47 Å². The molecule has 0 bridgehead atoms. The largest absolute Gasteiger partial charge is 0.478 e. The first-order valence-corrected chi connectivity index (χ1v) is 6.60. The number of aryl methyl sites for hydroxylation is 1. The van der Waals surface area contributed by atoms with Crippen LogP contribution in [0.3, 0.4) is 0 Å². The molecule has 106 valence electrons. The lowest BCUT2D eigenvalue weighted by Crippen LogP contribution is -2.43. The van der Waals surface area contributed by atoms with Crippen LogP contribution in [-0.2, 0) is 4.74 Å². The first-order chi connectivity index (χ1) is 9.03. The van der Waals surface area contributed by atoms with Crippen LogP contribution in [0.25, 0.3) is 0 Å². The number of nitrogens with zero attached hydrogens (tertiary/aromatic N) is 2. The van der Waals surface area contributed by atoms with Crippen LogP contribution < -0.4 is 10.1 Å². The maximum atomic E-state index is 10.4. The minimum Gasteiger partial charge on any atom is -0.478 e. The van der Waals surface area contributed by atoms with Gasteiger partial charge in [0, 0.05) is 31.3 Å². The molecule has 2 N–H and O–H groups in total. The summed E-state index contributed by atoms with van der Waals surface area (Å²) in [5.41, 5.74) is -0.0394. The van der Waals surface area contributed by atoms with Crippen LogP contribution >= 0.6 is 0 Å². The first kappa shape index (κ1) is 14.0. The molecule has 0 spiro atoms. The lowest BCUT2D eigenvalue weighted by molar-refractivity contribution is -0.0177. The SMILES string of the molecule is CCOc1cc(C)nc(NCC2(O)CCOC2C)n1. The Hall–Kier alpha value is -1.40. The Kier molecular flexibility index (Phi) is 4.21. The minimum absolute atomic E-state index is 0.184. The van der Waals surface area contributed by atoms with Gasteiger partial charge in [0.25, 0.3) is 0 Å². The number of aromatic nitrogens is 2. The summed E-state index contributed by atoms with van der Waals surface area (Å²) in [6, 6.07) is 1.78. The van der Waals surface area contributed by atoms with Gasteiger partial charge in [-0.2, -0.15) is 4.98 Å². The molecule has 1 aliphatic rings. The van der Waals surface area contributed by atoms with E-state index in [1.54, 1.807) is 6.07 Å². The van der Waals surface area contributed by atoms with Crippen LogP contribution in [0.1, 0.15) is 26.0 Å². The second-order valence-corrected chi connectivity index (χ2v) is 4.82. The summed E-state index contributed by atoms with van der Waals surface area (Å²) < 4.78 is 10.8. The molecule has 6 nitrogen and oxygen atoms in total. The highest BCUT2D eigenvalue weighted by atomic mass is 16.5. The van der Waals surface area contributed by atoms with Gasteiger partial charge in [0.1, 0.15) is 5.60 Å². The van der Waals surface area contributed by atoms with Gasteiger partial charge in [-0.25, -0.2) is 4.98 Å². The van der Waals surface area contributed by atoms with Crippen molar-refractivity contribution in [3.8, 4) is 5.88 Å². The van der Waals surface area contributed by atoms with Gasteiger partial charge in [-0.05, 0) is 20.8 Å². The number of hydrogen-bond donors (Lipinski definition) is 2. The van der Waals surface area contributed by atoms with Crippen molar-refractivity contribution in [2.24, 2.45) is 0 Å². The van der Waals surface area contributed by atoms with E-state index in [0.29, 0.717) is 38.0 Å². The molecule has 1 fully saturated rings. The number of nitrogens with one attached hydrogen (secondary N) is 1. The Labute approximate surface area is 113 Å². The van der Waals surface area contributed by atoms with E-state index in [-0.39, 0.29) is 6.10 Å². The molecule has 0 amide bonds. The third kappa shape index (κ3) is 3.33. The first-order valence-electron chi connectivity index (χ1n) is 6.60. The van der Waals surface area contributed by atoms with Crippen molar-refractivity contribution in [1.29, 1.82) is 0 Å². The van der Waals surface area contributed by atoms with E-state index in [1.165, 1.54) is 0 Å². The average molecular weight is 267 g/mol. The Bertz CT molecular complexity index is 441. The van der Waals surface area contributed by atoms with Crippen LogP contribution in [-0.4, -0.2) is 46.5 Å². The van der Waals surface area contributed by atoms with Gasteiger partial charge < -0.3 is 19.9 Å². The molecule has 2 unspecified atom stereocenters. The summed E-state index contributed by atoms with van der Waals surface area (Å²) in [6.45, 7) is 7.17. The van der Waals surface area contributed by atoms with Crippen LogP contribution in [0.5, 0.6) is 5.88 Å². The van der Waals surface area contributed by atoms with Crippen molar-refractivity contribution in [1.82, 2.24) is 9.97 Å². The molecule has 1 aromatic rings. The number of aliphatic hydroxyl groups is 1. The second-order valence-electron chi connectivity index (χ2n) is 4.82. The average Bonchev–Trinajstić information content (AvgIpc) is 2.68. The Morgan fingerprint density at radius 1 is 1.58 bits per heavy atom. The monoisotopic (exact) mass is 267 g/mol. The summed E-state index contributed by atoms with van der Waals surface area (Å²) in [5.74, 6) is 1.01. The molecule has 19 heavy (non-hydrogen) atoms. The molecule has 0 radical (unpaired) electrons. The molecule has 0 aromatic carbocycles. The molecule has 1 aromatic heterocycles. The zero-order valence-corrected chi connectivity index (χ0v) is 11.6. The highest BCUT2D eigenvalue weighted by molar-refractivity contribution is 5.31. The van der Waals surface area contributed by atoms with Crippen LogP contribution in [0.15, 0.2) is 6.07 Å². The molecule has 1 saturated heterocycles. The highest BCUT2D eigenvalue weighted by Gasteiger charge is 2.39. The fourth-order valence-corrected chi connectivity index (χ4v) is 2.08. The fourth-order valence-electron chi connectivity index (χ4n) is 2.08. The lowest BCUT2D eigenvalue weighted by Gasteiger charge is -2.26. The van der Waals surface area contributed by atoms with Crippen LogP contribution in [0, 0.1) is 6.92 Å². The van der Waals surface area contributed by atoms with Crippen molar-refractivity contribution in [2.45, 2.75) is 38.9 Å². The predicted octanol–water partition coefficient (Wildman–Crippen LogP) is 1.14. The topological polar surface area (TPSA) is 76.5 Å². The maximum Gasteiger partial charge on any atom is 0.226 e. The summed E-state index contributed by atoms with van der Waals surface area (Å²) in [5, 5.41) is 13.5.